The highest BCUT2D eigenvalue weighted by Crippen LogP contribution is 2.14. The molecule has 1 heterocycles. The second kappa shape index (κ2) is 8.53. The van der Waals surface area contributed by atoms with Gasteiger partial charge in [0.1, 0.15) is 5.60 Å². The Balaban J connectivity index is 2.19. The van der Waals surface area contributed by atoms with E-state index < -0.39 is 11.7 Å². The Bertz CT molecular complexity index is 376. The van der Waals surface area contributed by atoms with Crippen LogP contribution < -0.4 is 10.6 Å². The Morgan fingerprint density at radius 1 is 1.27 bits per heavy atom. The van der Waals surface area contributed by atoms with Crippen LogP contribution in [-0.2, 0) is 4.74 Å². The normalized spacial score (nSPS) is 17.0. The molecule has 0 aromatic rings. The molecule has 7 heteroatoms. The molecule has 0 spiro atoms. The smallest absolute Gasteiger partial charge is 0.407 e. The van der Waals surface area contributed by atoms with E-state index in [9.17, 15) is 4.79 Å². The molecule has 128 valence electrons. The van der Waals surface area contributed by atoms with Crippen LogP contribution in [0.3, 0.4) is 0 Å². The molecule has 1 rings (SSSR count). The van der Waals surface area contributed by atoms with Crippen LogP contribution in [-0.4, -0.2) is 72.9 Å². The molecule has 0 unspecified atom stereocenters. The lowest BCUT2D eigenvalue weighted by Crippen LogP contribution is -2.49. The summed E-state index contributed by atoms with van der Waals surface area (Å²) >= 11 is 5.41. The maximum atomic E-state index is 11.5. The zero-order valence-electron chi connectivity index (χ0n) is 14.4. The van der Waals surface area contributed by atoms with E-state index in [1.54, 1.807) is 0 Å². The first-order chi connectivity index (χ1) is 10.2. The predicted octanol–water partition coefficient (Wildman–Crippen LogP) is 1.41. The topological polar surface area (TPSA) is 56.8 Å². The number of alkyl carbamates (subject to hydrolysis) is 1. The first-order valence-electron chi connectivity index (χ1n) is 7.85. The van der Waals surface area contributed by atoms with E-state index in [0.29, 0.717) is 19.1 Å². The molecule has 1 amide bonds. The number of carbonyl (C=O) groups is 1. The van der Waals surface area contributed by atoms with Crippen molar-refractivity contribution in [1.82, 2.24) is 20.4 Å². The van der Waals surface area contributed by atoms with Gasteiger partial charge in [0, 0.05) is 26.2 Å². The minimum absolute atomic E-state index is 0.399. The maximum absolute atomic E-state index is 11.5. The van der Waals surface area contributed by atoms with Crippen molar-refractivity contribution in [2.45, 2.75) is 45.3 Å². The number of piperidine rings is 1. The second-order valence-electron chi connectivity index (χ2n) is 6.81. The van der Waals surface area contributed by atoms with Crippen LogP contribution in [0.5, 0.6) is 0 Å². The lowest BCUT2D eigenvalue weighted by molar-refractivity contribution is 0.0529. The van der Waals surface area contributed by atoms with E-state index >= 15 is 0 Å². The van der Waals surface area contributed by atoms with Crippen molar-refractivity contribution in [2.24, 2.45) is 0 Å². The van der Waals surface area contributed by atoms with Crippen LogP contribution in [0.2, 0.25) is 0 Å². The average Bonchev–Trinajstić information content (AvgIpc) is 2.41. The molecule has 0 saturated carbocycles. The fourth-order valence-corrected chi connectivity index (χ4v) is 2.57. The summed E-state index contributed by atoms with van der Waals surface area (Å²) in [5, 5.41) is 6.63. The van der Waals surface area contributed by atoms with E-state index in [1.807, 2.05) is 27.8 Å². The van der Waals surface area contributed by atoms with Gasteiger partial charge in [0.15, 0.2) is 5.11 Å². The number of hydrogen-bond acceptors (Lipinski definition) is 4. The zero-order valence-corrected chi connectivity index (χ0v) is 15.3. The molecule has 2 N–H and O–H groups in total. The monoisotopic (exact) mass is 330 g/mol. The van der Waals surface area contributed by atoms with Gasteiger partial charge >= 0.3 is 6.09 Å². The third kappa shape index (κ3) is 7.26. The molecular formula is C15H30N4O2S. The molecule has 1 fully saturated rings. The number of ether oxygens (including phenoxy) is 1. The van der Waals surface area contributed by atoms with Crippen LogP contribution in [0, 0.1) is 0 Å². The molecule has 0 aromatic heterocycles. The highest BCUT2D eigenvalue weighted by molar-refractivity contribution is 7.80. The molecule has 0 atom stereocenters. The van der Waals surface area contributed by atoms with E-state index in [1.165, 1.54) is 0 Å². The standard InChI is InChI=1S/C15H30N4O2S/c1-15(2,3)21-14(20)17-9-8-16-13(22)19(5)12-6-10-18(4)11-7-12/h12H,6-11H2,1-5H3,(H,16,22)(H,17,20). The lowest BCUT2D eigenvalue weighted by atomic mass is 10.0. The average molecular weight is 330 g/mol. The predicted molar refractivity (Wildman–Crippen MR) is 93.1 cm³/mol. The number of nitrogens with one attached hydrogen (secondary N) is 2. The quantitative estimate of drug-likeness (QED) is 0.600. The van der Waals surface area contributed by atoms with Gasteiger partial charge in [0.05, 0.1) is 0 Å². The van der Waals surface area contributed by atoms with Crippen LogP contribution in [0.4, 0.5) is 4.79 Å². The molecule has 1 aliphatic rings. The number of amides is 1. The molecular weight excluding hydrogens is 300 g/mol. The summed E-state index contributed by atoms with van der Waals surface area (Å²) in [6.45, 7) is 8.82. The molecule has 22 heavy (non-hydrogen) atoms. The molecule has 6 nitrogen and oxygen atoms in total. The summed E-state index contributed by atoms with van der Waals surface area (Å²) in [5.41, 5.74) is -0.471. The van der Waals surface area contributed by atoms with E-state index in [2.05, 4.69) is 27.5 Å². The minimum atomic E-state index is -0.471. The van der Waals surface area contributed by atoms with Crippen molar-refractivity contribution in [3.63, 3.8) is 0 Å². The van der Waals surface area contributed by atoms with Crippen molar-refractivity contribution in [3.05, 3.63) is 0 Å². The van der Waals surface area contributed by atoms with Gasteiger partial charge in [-0.2, -0.15) is 0 Å². The Morgan fingerprint density at radius 2 is 1.82 bits per heavy atom. The van der Waals surface area contributed by atoms with Crippen molar-refractivity contribution in [1.29, 1.82) is 0 Å². The summed E-state index contributed by atoms with van der Waals surface area (Å²) in [6.07, 6.45) is 1.86. The van der Waals surface area contributed by atoms with Gasteiger partial charge in [-0.15, -0.1) is 0 Å². The van der Waals surface area contributed by atoms with Crippen LogP contribution in [0.1, 0.15) is 33.6 Å². The highest BCUT2D eigenvalue weighted by atomic mass is 32.1. The summed E-state index contributed by atoms with van der Waals surface area (Å²) in [5.74, 6) is 0. The second-order valence-corrected chi connectivity index (χ2v) is 7.19. The molecule has 0 aliphatic carbocycles. The summed E-state index contributed by atoms with van der Waals surface area (Å²) < 4.78 is 5.17. The molecule has 0 radical (unpaired) electrons. The number of hydrogen-bond donors (Lipinski definition) is 2. The molecule has 0 bridgehead atoms. The zero-order chi connectivity index (χ0) is 16.8. The molecule has 1 saturated heterocycles. The summed E-state index contributed by atoms with van der Waals surface area (Å²) in [7, 11) is 4.18. The van der Waals surface area contributed by atoms with Crippen molar-refractivity contribution in [3.8, 4) is 0 Å². The van der Waals surface area contributed by atoms with Gasteiger partial charge in [-0.25, -0.2) is 4.79 Å². The minimum Gasteiger partial charge on any atom is -0.444 e. The molecule has 0 aromatic carbocycles. The Kier molecular flexibility index (Phi) is 7.35. The Morgan fingerprint density at radius 3 is 2.36 bits per heavy atom. The van der Waals surface area contributed by atoms with Gasteiger partial charge in [0.25, 0.3) is 0 Å². The van der Waals surface area contributed by atoms with Crippen molar-refractivity contribution < 1.29 is 9.53 Å². The fraction of sp³-hybridized carbons (Fsp3) is 0.867. The van der Waals surface area contributed by atoms with Gasteiger partial charge in [0.2, 0.25) is 0 Å². The highest BCUT2D eigenvalue weighted by Gasteiger charge is 2.22. The SMILES string of the molecule is CN1CCC(N(C)C(=S)NCCNC(=O)OC(C)(C)C)CC1. The Hall–Kier alpha value is -1.08. The third-order valence-corrected chi connectivity index (χ3v) is 4.06. The number of carbonyl (C=O) groups excluding carboxylic acids is 1. The van der Waals surface area contributed by atoms with Gasteiger partial charge in [-0.05, 0) is 66.0 Å². The number of likely N-dealkylation sites (tertiary alicyclic amines) is 1. The van der Waals surface area contributed by atoms with Gasteiger partial charge < -0.3 is 25.2 Å². The Labute approximate surface area is 139 Å². The largest absolute Gasteiger partial charge is 0.444 e. The lowest BCUT2D eigenvalue weighted by Gasteiger charge is -2.36. The van der Waals surface area contributed by atoms with Crippen molar-refractivity contribution >= 4 is 23.4 Å². The van der Waals surface area contributed by atoms with E-state index in [0.717, 1.165) is 31.0 Å². The van der Waals surface area contributed by atoms with Crippen LogP contribution in [0.15, 0.2) is 0 Å². The van der Waals surface area contributed by atoms with Gasteiger partial charge in [-0.3, -0.25) is 0 Å². The number of thiocarbonyl (C=S) groups is 1. The fourth-order valence-electron chi connectivity index (χ4n) is 2.32. The van der Waals surface area contributed by atoms with Crippen LogP contribution >= 0.6 is 12.2 Å². The van der Waals surface area contributed by atoms with Gasteiger partial charge in [-0.1, -0.05) is 0 Å². The van der Waals surface area contributed by atoms with Crippen LogP contribution in [0.25, 0.3) is 0 Å². The summed E-state index contributed by atoms with van der Waals surface area (Å²) in [6, 6.07) is 0.495. The third-order valence-electron chi connectivity index (χ3n) is 3.63. The van der Waals surface area contributed by atoms with E-state index in [-0.39, 0.29) is 0 Å². The summed E-state index contributed by atoms with van der Waals surface area (Å²) in [4.78, 5) is 16.0. The first-order valence-corrected chi connectivity index (χ1v) is 8.26. The number of nitrogens with zero attached hydrogens (tertiary/aromatic N) is 2. The van der Waals surface area contributed by atoms with Crippen molar-refractivity contribution in [2.75, 3.05) is 40.3 Å². The number of rotatable bonds is 4. The van der Waals surface area contributed by atoms with E-state index in [4.69, 9.17) is 17.0 Å². The first kappa shape index (κ1) is 19.0. The molecule has 1 aliphatic heterocycles. The maximum Gasteiger partial charge on any atom is 0.407 e.